The van der Waals surface area contributed by atoms with E-state index in [0.717, 1.165) is 25.8 Å². The average molecular weight is 289 g/mol. The molecule has 2 heterocycles. The van der Waals surface area contributed by atoms with Crippen molar-refractivity contribution in [3.05, 3.63) is 0 Å². The van der Waals surface area contributed by atoms with Gasteiger partial charge in [-0.25, -0.2) is 13.1 Å². The lowest BCUT2D eigenvalue weighted by Crippen LogP contribution is -2.23. The summed E-state index contributed by atoms with van der Waals surface area (Å²) in [6, 6.07) is 0.136. The fraction of sp³-hybridized carbons (Fsp3) is 0.700. The molecule has 1 saturated heterocycles. The van der Waals surface area contributed by atoms with Gasteiger partial charge in [0.1, 0.15) is 5.82 Å². The van der Waals surface area contributed by atoms with Gasteiger partial charge < -0.3 is 21.5 Å². The molecule has 0 aromatic carbocycles. The first-order valence-corrected chi connectivity index (χ1v) is 7.97. The first-order valence-electron chi connectivity index (χ1n) is 6.08. The average Bonchev–Trinajstić information content (AvgIpc) is 2.88. The monoisotopic (exact) mass is 289 g/mol. The summed E-state index contributed by atoms with van der Waals surface area (Å²) in [7, 11) is -3.48. The Hall–Kier alpha value is -1.32. The molecule has 1 aliphatic heterocycles. The third-order valence-corrected chi connectivity index (χ3v) is 4.17. The fourth-order valence-corrected chi connectivity index (χ4v) is 3.09. The maximum atomic E-state index is 11.8. The Balaban J connectivity index is 2.37. The summed E-state index contributed by atoms with van der Waals surface area (Å²) in [6.07, 6.45) is 2.00. The number of nitrogen functional groups attached to an aromatic ring is 1. The molecule has 0 spiro atoms. The minimum atomic E-state index is -3.48. The standard InChI is InChI=1S/C10H19N5O3S/c1-19(17,18)8-9(11)15(4-5-16)14-10(8)13-7-2-3-12-6-7/h7,12,16H,2-6,11H2,1H3,(H,13,14). The predicted molar refractivity (Wildman–Crippen MR) is 71.7 cm³/mol. The van der Waals surface area contributed by atoms with Gasteiger partial charge in [0.15, 0.2) is 20.6 Å². The number of hydrogen-bond donors (Lipinski definition) is 4. The number of aliphatic hydroxyl groups excluding tert-OH is 1. The van der Waals surface area contributed by atoms with Gasteiger partial charge in [-0.1, -0.05) is 0 Å². The normalized spacial score (nSPS) is 19.8. The lowest BCUT2D eigenvalue weighted by atomic mass is 10.2. The highest BCUT2D eigenvalue weighted by Gasteiger charge is 2.26. The Labute approximate surface area is 111 Å². The zero-order valence-corrected chi connectivity index (χ0v) is 11.6. The zero-order chi connectivity index (χ0) is 14.0. The van der Waals surface area contributed by atoms with Gasteiger partial charge in [0.25, 0.3) is 0 Å². The van der Waals surface area contributed by atoms with Gasteiger partial charge in [-0.3, -0.25) is 0 Å². The van der Waals surface area contributed by atoms with Crippen LogP contribution < -0.4 is 16.4 Å². The van der Waals surface area contributed by atoms with Crippen LogP contribution in [0.5, 0.6) is 0 Å². The van der Waals surface area contributed by atoms with Crippen molar-refractivity contribution in [2.45, 2.75) is 23.9 Å². The highest BCUT2D eigenvalue weighted by atomic mass is 32.2. The van der Waals surface area contributed by atoms with Crippen LogP contribution in [0, 0.1) is 0 Å². The Kier molecular flexibility index (Phi) is 3.97. The van der Waals surface area contributed by atoms with Crippen molar-refractivity contribution in [1.29, 1.82) is 0 Å². The van der Waals surface area contributed by atoms with Crippen molar-refractivity contribution in [2.75, 3.05) is 37.0 Å². The van der Waals surface area contributed by atoms with Gasteiger partial charge in [-0.05, 0) is 13.0 Å². The van der Waals surface area contributed by atoms with Crippen LogP contribution in [-0.4, -0.2) is 55.3 Å². The summed E-state index contributed by atoms with van der Waals surface area (Å²) in [6.45, 7) is 1.66. The molecule has 1 atom stereocenters. The van der Waals surface area contributed by atoms with E-state index in [-0.39, 0.29) is 35.7 Å². The molecule has 108 valence electrons. The van der Waals surface area contributed by atoms with Gasteiger partial charge in [-0.15, -0.1) is 0 Å². The molecule has 8 nitrogen and oxygen atoms in total. The summed E-state index contributed by atoms with van der Waals surface area (Å²) in [5.74, 6) is 0.326. The number of hydrogen-bond acceptors (Lipinski definition) is 7. The van der Waals surface area contributed by atoms with Crippen LogP contribution in [0.15, 0.2) is 4.90 Å². The van der Waals surface area contributed by atoms with Crippen molar-refractivity contribution in [3.8, 4) is 0 Å². The number of nitrogens with two attached hydrogens (primary N) is 1. The SMILES string of the molecule is CS(=O)(=O)c1c(NC2CCNC2)nn(CCO)c1N. The third-order valence-electron chi connectivity index (χ3n) is 3.03. The van der Waals surface area contributed by atoms with Crippen molar-refractivity contribution >= 4 is 21.5 Å². The molecule has 0 aliphatic carbocycles. The van der Waals surface area contributed by atoms with Gasteiger partial charge in [0.05, 0.1) is 13.2 Å². The summed E-state index contributed by atoms with van der Waals surface area (Å²) in [5, 5.41) is 19.4. The lowest BCUT2D eigenvalue weighted by Gasteiger charge is -2.11. The van der Waals surface area contributed by atoms with Crippen LogP contribution in [-0.2, 0) is 16.4 Å². The molecule has 2 rings (SSSR count). The van der Waals surface area contributed by atoms with E-state index in [2.05, 4.69) is 15.7 Å². The van der Waals surface area contributed by atoms with E-state index in [4.69, 9.17) is 10.8 Å². The topological polar surface area (TPSA) is 122 Å². The number of rotatable bonds is 5. The molecule has 9 heteroatoms. The second kappa shape index (κ2) is 5.35. The largest absolute Gasteiger partial charge is 0.394 e. The van der Waals surface area contributed by atoms with Crippen LogP contribution in [0.3, 0.4) is 0 Å². The van der Waals surface area contributed by atoms with Gasteiger partial charge in [0, 0.05) is 18.8 Å². The quantitative estimate of drug-likeness (QED) is 0.528. The summed E-state index contributed by atoms with van der Waals surface area (Å²) < 4.78 is 24.9. The Bertz CT molecular complexity index is 548. The fourth-order valence-electron chi connectivity index (χ4n) is 2.15. The molecule has 0 saturated carbocycles. The molecule has 0 amide bonds. The second-order valence-corrected chi connectivity index (χ2v) is 6.57. The maximum absolute atomic E-state index is 11.8. The predicted octanol–water partition coefficient (Wildman–Crippen LogP) is -1.37. The van der Waals surface area contributed by atoms with Gasteiger partial charge in [-0.2, -0.15) is 5.10 Å². The van der Waals surface area contributed by atoms with E-state index in [9.17, 15) is 8.42 Å². The highest BCUT2D eigenvalue weighted by Crippen LogP contribution is 2.28. The number of nitrogens with one attached hydrogen (secondary N) is 2. The van der Waals surface area contributed by atoms with Crippen LogP contribution >= 0.6 is 0 Å². The van der Waals surface area contributed by atoms with Crippen molar-refractivity contribution in [3.63, 3.8) is 0 Å². The van der Waals surface area contributed by atoms with Gasteiger partial charge >= 0.3 is 0 Å². The molecule has 0 radical (unpaired) electrons. The Morgan fingerprint density at radius 1 is 1.63 bits per heavy atom. The zero-order valence-electron chi connectivity index (χ0n) is 10.8. The number of nitrogens with zero attached hydrogens (tertiary/aromatic N) is 2. The van der Waals surface area contributed by atoms with Crippen LogP contribution in [0.4, 0.5) is 11.6 Å². The molecule has 5 N–H and O–H groups in total. The van der Waals surface area contributed by atoms with Crippen molar-refractivity contribution < 1.29 is 13.5 Å². The van der Waals surface area contributed by atoms with Crippen LogP contribution in [0.2, 0.25) is 0 Å². The Morgan fingerprint density at radius 3 is 2.89 bits per heavy atom. The van der Waals surface area contributed by atoms with Gasteiger partial charge in [0.2, 0.25) is 0 Å². The maximum Gasteiger partial charge on any atom is 0.182 e. The lowest BCUT2D eigenvalue weighted by molar-refractivity contribution is 0.270. The molecule has 1 aliphatic rings. The smallest absolute Gasteiger partial charge is 0.182 e. The van der Waals surface area contributed by atoms with E-state index >= 15 is 0 Å². The van der Waals surface area contributed by atoms with Crippen LogP contribution in [0.25, 0.3) is 0 Å². The molecule has 1 fully saturated rings. The number of sulfone groups is 1. The highest BCUT2D eigenvalue weighted by molar-refractivity contribution is 7.91. The number of aliphatic hydroxyl groups is 1. The Morgan fingerprint density at radius 2 is 2.37 bits per heavy atom. The minimum absolute atomic E-state index is 0.00727. The first kappa shape index (κ1) is 14.1. The van der Waals surface area contributed by atoms with Crippen molar-refractivity contribution in [2.24, 2.45) is 0 Å². The minimum Gasteiger partial charge on any atom is -0.394 e. The molecule has 1 aromatic heterocycles. The number of anilines is 2. The molecule has 0 bridgehead atoms. The summed E-state index contributed by atoms with van der Waals surface area (Å²) in [4.78, 5) is 0.00727. The molecule has 19 heavy (non-hydrogen) atoms. The van der Waals surface area contributed by atoms with E-state index < -0.39 is 9.84 Å². The molecule has 1 aromatic rings. The second-order valence-electron chi connectivity index (χ2n) is 4.62. The molecular weight excluding hydrogens is 270 g/mol. The number of aromatic nitrogens is 2. The first-order chi connectivity index (χ1) is 8.93. The van der Waals surface area contributed by atoms with Crippen LogP contribution in [0.1, 0.15) is 6.42 Å². The van der Waals surface area contributed by atoms with E-state index in [0.29, 0.717) is 0 Å². The van der Waals surface area contributed by atoms with E-state index in [1.807, 2.05) is 0 Å². The van der Waals surface area contributed by atoms with E-state index in [1.165, 1.54) is 4.68 Å². The molecular formula is C10H19N5O3S. The molecule has 1 unspecified atom stereocenters. The third kappa shape index (κ3) is 2.99. The summed E-state index contributed by atoms with van der Waals surface area (Å²) >= 11 is 0. The summed E-state index contributed by atoms with van der Waals surface area (Å²) in [5.41, 5.74) is 5.81. The van der Waals surface area contributed by atoms with Crippen molar-refractivity contribution in [1.82, 2.24) is 15.1 Å². The van der Waals surface area contributed by atoms with E-state index in [1.54, 1.807) is 0 Å².